The van der Waals surface area contributed by atoms with Crippen molar-refractivity contribution < 1.29 is 23.5 Å². The van der Waals surface area contributed by atoms with Crippen molar-refractivity contribution in [2.45, 2.75) is 12.8 Å². The third-order valence-electron chi connectivity index (χ3n) is 4.48. The summed E-state index contributed by atoms with van der Waals surface area (Å²) in [5.74, 6) is -1.67. The van der Waals surface area contributed by atoms with Crippen LogP contribution in [0.2, 0.25) is 0 Å². The fourth-order valence-corrected chi connectivity index (χ4v) is 2.99. The number of phenols is 1. The molecule has 1 fully saturated rings. The Morgan fingerprint density at radius 3 is 2.31 bits per heavy atom. The number of ketones is 1. The average Bonchev–Trinajstić information content (AvgIpc) is 2.64. The molecular formula is C19H18F2N2O3. The van der Waals surface area contributed by atoms with E-state index in [-0.39, 0.29) is 23.1 Å². The van der Waals surface area contributed by atoms with Crippen molar-refractivity contribution >= 4 is 17.5 Å². The number of carbonyl (C=O) groups is 2. The standard InChI is InChI=1S/C19H18F2N2O3/c20-14-3-6-17(16(21)11-14)22-19(26)23-9-7-13(8-10-23)18(25)12-1-4-15(24)5-2-12/h1-6,11,13,24H,7-10H2,(H,22,26). The number of urea groups is 1. The highest BCUT2D eigenvalue weighted by molar-refractivity contribution is 5.98. The predicted octanol–water partition coefficient (Wildman–Crippen LogP) is 3.80. The Morgan fingerprint density at radius 1 is 1.04 bits per heavy atom. The lowest BCUT2D eigenvalue weighted by Gasteiger charge is -2.31. The Hall–Kier alpha value is -2.96. The molecule has 0 aliphatic carbocycles. The van der Waals surface area contributed by atoms with Crippen molar-refractivity contribution in [3.63, 3.8) is 0 Å². The zero-order valence-corrected chi connectivity index (χ0v) is 13.9. The summed E-state index contributed by atoms with van der Waals surface area (Å²) in [6.45, 7) is 0.728. The molecule has 2 amide bonds. The topological polar surface area (TPSA) is 69.6 Å². The van der Waals surface area contributed by atoms with Crippen LogP contribution >= 0.6 is 0 Å². The van der Waals surface area contributed by atoms with Crippen molar-refractivity contribution in [3.05, 3.63) is 59.7 Å². The maximum absolute atomic E-state index is 13.6. The van der Waals surface area contributed by atoms with Crippen molar-refractivity contribution in [2.24, 2.45) is 5.92 Å². The van der Waals surface area contributed by atoms with Crippen molar-refractivity contribution in [1.29, 1.82) is 0 Å². The van der Waals surface area contributed by atoms with Crippen molar-refractivity contribution in [1.82, 2.24) is 4.90 Å². The number of likely N-dealkylation sites (tertiary alicyclic amines) is 1. The largest absolute Gasteiger partial charge is 0.508 e. The summed E-state index contributed by atoms with van der Waals surface area (Å²) in [6, 6.07) is 8.55. The van der Waals surface area contributed by atoms with Gasteiger partial charge in [-0.1, -0.05) is 0 Å². The lowest BCUT2D eigenvalue weighted by atomic mass is 9.89. The molecule has 136 valence electrons. The van der Waals surface area contributed by atoms with Gasteiger partial charge in [-0.15, -0.1) is 0 Å². The first kappa shape index (κ1) is 17.8. The number of rotatable bonds is 3. The smallest absolute Gasteiger partial charge is 0.321 e. The van der Waals surface area contributed by atoms with Crippen LogP contribution in [0.3, 0.4) is 0 Å². The molecule has 2 aromatic rings. The van der Waals surface area contributed by atoms with E-state index < -0.39 is 17.7 Å². The molecule has 0 unspecified atom stereocenters. The molecule has 0 bridgehead atoms. The number of piperidine rings is 1. The van der Waals surface area contributed by atoms with Gasteiger partial charge in [0.2, 0.25) is 0 Å². The summed E-state index contributed by atoms with van der Waals surface area (Å²) < 4.78 is 26.5. The molecule has 1 heterocycles. The molecule has 5 nitrogen and oxygen atoms in total. The first-order valence-corrected chi connectivity index (χ1v) is 8.28. The minimum absolute atomic E-state index is 0.0189. The van der Waals surface area contributed by atoms with Crippen LogP contribution in [0.5, 0.6) is 5.75 Å². The van der Waals surface area contributed by atoms with Crippen LogP contribution in [0, 0.1) is 17.6 Å². The summed E-state index contributed by atoms with van der Waals surface area (Å²) in [5, 5.41) is 11.7. The van der Waals surface area contributed by atoms with Crippen LogP contribution in [0.15, 0.2) is 42.5 Å². The number of aromatic hydroxyl groups is 1. The first-order chi connectivity index (χ1) is 12.4. The number of Topliss-reactive ketones (excluding diaryl/α,β-unsaturated/α-hetero) is 1. The van der Waals surface area contributed by atoms with Crippen LogP contribution in [0.4, 0.5) is 19.3 Å². The fourth-order valence-electron chi connectivity index (χ4n) is 2.99. The van der Waals surface area contributed by atoms with Gasteiger partial charge in [0.05, 0.1) is 5.69 Å². The number of halogens is 2. The summed E-state index contributed by atoms with van der Waals surface area (Å²) in [5.41, 5.74) is 0.442. The average molecular weight is 360 g/mol. The van der Waals surface area contributed by atoms with Crippen LogP contribution in [0.1, 0.15) is 23.2 Å². The van der Waals surface area contributed by atoms with Crippen molar-refractivity contribution in [3.8, 4) is 5.75 Å². The molecule has 2 aromatic carbocycles. The second-order valence-corrected chi connectivity index (χ2v) is 6.23. The Kier molecular flexibility index (Phi) is 5.16. The Bertz CT molecular complexity index is 816. The van der Waals surface area contributed by atoms with Gasteiger partial charge in [0.1, 0.15) is 17.4 Å². The van der Waals surface area contributed by atoms with Gasteiger partial charge in [0.25, 0.3) is 0 Å². The molecule has 0 spiro atoms. The SMILES string of the molecule is O=C(c1ccc(O)cc1)C1CCN(C(=O)Nc2ccc(F)cc2F)CC1. The minimum atomic E-state index is -0.837. The van der Waals surface area contributed by atoms with Crippen LogP contribution in [0.25, 0.3) is 0 Å². The van der Waals surface area contributed by atoms with Gasteiger partial charge in [-0.05, 0) is 49.2 Å². The van der Waals surface area contributed by atoms with Crippen LogP contribution in [-0.4, -0.2) is 34.9 Å². The van der Waals surface area contributed by atoms with Gasteiger partial charge in [-0.2, -0.15) is 0 Å². The van der Waals surface area contributed by atoms with E-state index in [1.807, 2.05) is 0 Å². The Balaban J connectivity index is 1.56. The lowest BCUT2D eigenvalue weighted by molar-refractivity contribution is 0.0859. The van der Waals surface area contributed by atoms with Gasteiger partial charge in [0, 0.05) is 30.6 Å². The third-order valence-corrected chi connectivity index (χ3v) is 4.48. The number of amides is 2. The zero-order valence-electron chi connectivity index (χ0n) is 13.9. The summed E-state index contributed by atoms with van der Waals surface area (Å²) in [6.07, 6.45) is 0.998. The van der Waals surface area contributed by atoms with E-state index in [1.54, 1.807) is 12.1 Å². The van der Waals surface area contributed by atoms with Gasteiger partial charge in [-0.3, -0.25) is 4.79 Å². The monoisotopic (exact) mass is 360 g/mol. The van der Waals surface area contributed by atoms with Crippen LogP contribution in [-0.2, 0) is 0 Å². The number of nitrogens with zero attached hydrogens (tertiary/aromatic N) is 1. The lowest BCUT2D eigenvalue weighted by Crippen LogP contribution is -2.42. The normalized spacial score (nSPS) is 14.9. The molecule has 0 saturated carbocycles. The highest BCUT2D eigenvalue weighted by atomic mass is 19.1. The zero-order chi connectivity index (χ0) is 18.7. The molecule has 0 atom stereocenters. The molecule has 1 saturated heterocycles. The highest BCUT2D eigenvalue weighted by Gasteiger charge is 2.28. The van der Waals surface area contributed by atoms with E-state index in [0.29, 0.717) is 37.6 Å². The highest BCUT2D eigenvalue weighted by Crippen LogP contribution is 2.24. The van der Waals surface area contributed by atoms with Gasteiger partial charge in [-0.25, -0.2) is 13.6 Å². The minimum Gasteiger partial charge on any atom is -0.508 e. The molecule has 7 heteroatoms. The Morgan fingerprint density at radius 2 is 1.69 bits per heavy atom. The number of nitrogens with one attached hydrogen (secondary N) is 1. The molecule has 1 aliphatic rings. The Labute approximate surface area is 149 Å². The number of hydrogen-bond donors (Lipinski definition) is 2. The molecule has 0 radical (unpaired) electrons. The number of benzene rings is 2. The van der Waals surface area contributed by atoms with Gasteiger partial charge in [0.15, 0.2) is 5.78 Å². The van der Waals surface area contributed by atoms with E-state index >= 15 is 0 Å². The van der Waals surface area contributed by atoms with Crippen LogP contribution < -0.4 is 5.32 Å². The maximum atomic E-state index is 13.6. The number of hydrogen-bond acceptors (Lipinski definition) is 3. The second-order valence-electron chi connectivity index (χ2n) is 6.23. The van der Waals surface area contributed by atoms with Gasteiger partial charge < -0.3 is 15.3 Å². The molecule has 0 aromatic heterocycles. The first-order valence-electron chi connectivity index (χ1n) is 8.28. The number of anilines is 1. The molecule has 1 aliphatic heterocycles. The summed E-state index contributed by atoms with van der Waals surface area (Å²) in [7, 11) is 0. The molecule has 3 rings (SSSR count). The summed E-state index contributed by atoms with van der Waals surface area (Å²) >= 11 is 0. The molecule has 26 heavy (non-hydrogen) atoms. The number of carbonyl (C=O) groups excluding carboxylic acids is 2. The maximum Gasteiger partial charge on any atom is 0.321 e. The van der Waals surface area contributed by atoms with E-state index in [1.165, 1.54) is 23.1 Å². The molecular weight excluding hydrogens is 342 g/mol. The summed E-state index contributed by atoms with van der Waals surface area (Å²) in [4.78, 5) is 26.2. The van der Waals surface area contributed by atoms with E-state index in [9.17, 15) is 23.5 Å². The molecule has 2 N–H and O–H groups in total. The second kappa shape index (κ2) is 7.51. The van der Waals surface area contributed by atoms with Crippen molar-refractivity contribution in [2.75, 3.05) is 18.4 Å². The third kappa shape index (κ3) is 3.99. The van der Waals surface area contributed by atoms with E-state index in [4.69, 9.17) is 0 Å². The predicted molar refractivity (Wildman–Crippen MR) is 92.1 cm³/mol. The number of phenolic OH excluding ortho intramolecular Hbond substituents is 1. The van der Waals surface area contributed by atoms with Gasteiger partial charge >= 0.3 is 6.03 Å². The van der Waals surface area contributed by atoms with E-state index in [0.717, 1.165) is 6.07 Å². The quantitative estimate of drug-likeness (QED) is 0.818. The fraction of sp³-hybridized carbons (Fsp3) is 0.263. The van der Waals surface area contributed by atoms with E-state index in [2.05, 4.69) is 5.32 Å².